The van der Waals surface area contributed by atoms with Crippen molar-refractivity contribution in [1.82, 2.24) is 10.2 Å². The third kappa shape index (κ3) is 2.49. The van der Waals surface area contributed by atoms with Gasteiger partial charge in [0.2, 0.25) is 0 Å². The molecule has 3 heterocycles. The molecule has 1 N–H and O–H groups in total. The quantitative estimate of drug-likeness (QED) is 0.901. The van der Waals surface area contributed by atoms with Crippen molar-refractivity contribution in [2.24, 2.45) is 5.92 Å². The number of nitrogens with zero attached hydrogens (tertiary/aromatic N) is 1. The molecule has 2 nitrogen and oxygen atoms in total. The van der Waals surface area contributed by atoms with E-state index in [-0.39, 0.29) is 0 Å². The van der Waals surface area contributed by atoms with Crippen molar-refractivity contribution in [3.8, 4) is 0 Å². The van der Waals surface area contributed by atoms with Crippen molar-refractivity contribution < 1.29 is 0 Å². The smallest absolute Gasteiger partial charge is 0.0465 e. The highest BCUT2D eigenvalue weighted by Crippen LogP contribution is 2.34. The van der Waals surface area contributed by atoms with Gasteiger partial charge in [-0.25, -0.2) is 0 Å². The van der Waals surface area contributed by atoms with E-state index in [1.165, 1.54) is 32.4 Å². The predicted molar refractivity (Wildman–Crippen MR) is 78.0 cm³/mol. The summed E-state index contributed by atoms with van der Waals surface area (Å²) in [6.45, 7) is 7.22. The topological polar surface area (TPSA) is 15.3 Å². The fourth-order valence-electron chi connectivity index (χ4n) is 3.61. The van der Waals surface area contributed by atoms with Crippen LogP contribution in [0, 0.1) is 5.92 Å². The molecule has 3 unspecified atom stereocenters. The largest absolute Gasteiger partial charge is 0.310 e. The fraction of sp³-hybridized carbons (Fsp3) is 0.733. The molecule has 1 aromatic heterocycles. The summed E-state index contributed by atoms with van der Waals surface area (Å²) in [7, 11) is 0. The fourth-order valence-corrected chi connectivity index (χ4v) is 4.64. The highest BCUT2D eigenvalue weighted by molar-refractivity contribution is 7.10. The molecule has 0 spiro atoms. The van der Waals surface area contributed by atoms with Crippen molar-refractivity contribution in [1.29, 1.82) is 0 Å². The first-order valence-corrected chi connectivity index (χ1v) is 8.15. The Hall–Kier alpha value is -0.380. The minimum Gasteiger partial charge on any atom is -0.310 e. The minimum atomic E-state index is 0.617. The maximum atomic E-state index is 3.78. The number of hydrogen-bond acceptors (Lipinski definition) is 3. The molecule has 3 atom stereocenters. The van der Waals surface area contributed by atoms with Crippen molar-refractivity contribution in [3.63, 3.8) is 0 Å². The zero-order valence-electron chi connectivity index (χ0n) is 11.4. The van der Waals surface area contributed by atoms with Crippen LogP contribution in [-0.2, 0) is 0 Å². The molecule has 2 aliphatic heterocycles. The molecule has 100 valence electrons. The standard InChI is InChI=1S/C15H24N2S/c1-11(2)15(14-4-3-9-18-14)17-8-7-12-5-6-13(10-17)16-12/h3-4,9,11-13,15-16H,5-8,10H2,1-2H3. The lowest BCUT2D eigenvalue weighted by atomic mass is 9.98. The molecule has 2 aliphatic rings. The van der Waals surface area contributed by atoms with E-state index in [2.05, 4.69) is 41.6 Å². The molecule has 18 heavy (non-hydrogen) atoms. The Morgan fingerprint density at radius 1 is 1.28 bits per heavy atom. The lowest BCUT2D eigenvalue weighted by molar-refractivity contribution is 0.150. The molecule has 0 saturated carbocycles. The number of fused-ring (bicyclic) bond motifs is 2. The molecular weight excluding hydrogens is 240 g/mol. The van der Waals surface area contributed by atoms with Gasteiger partial charge in [-0.15, -0.1) is 11.3 Å². The summed E-state index contributed by atoms with van der Waals surface area (Å²) in [4.78, 5) is 4.27. The van der Waals surface area contributed by atoms with Gasteiger partial charge in [0.1, 0.15) is 0 Å². The Bertz CT molecular complexity index is 374. The van der Waals surface area contributed by atoms with Crippen molar-refractivity contribution in [3.05, 3.63) is 22.4 Å². The number of nitrogens with one attached hydrogen (secondary N) is 1. The molecule has 1 aromatic rings. The van der Waals surface area contributed by atoms with E-state index in [0.29, 0.717) is 12.0 Å². The number of likely N-dealkylation sites (tertiary alicyclic amines) is 1. The van der Waals surface area contributed by atoms with Gasteiger partial charge in [0.25, 0.3) is 0 Å². The molecule has 2 bridgehead atoms. The maximum Gasteiger partial charge on any atom is 0.0465 e. The van der Waals surface area contributed by atoms with Gasteiger partial charge in [-0.05, 0) is 36.6 Å². The Labute approximate surface area is 114 Å². The zero-order valence-corrected chi connectivity index (χ0v) is 12.2. The summed E-state index contributed by atoms with van der Waals surface area (Å²) in [6.07, 6.45) is 4.09. The lowest BCUT2D eigenvalue weighted by Crippen LogP contribution is -2.39. The molecule has 3 heteroatoms. The Morgan fingerprint density at radius 3 is 2.83 bits per heavy atom. The van der Waals surface area contributed by atoms with Crippen molar-refractivity contribution >= 4 is 11.3 Å². The molecular formula is C15H24N2S. The number of thiophene rings is 1. The van der Waals surface area contributed by atoms with E-state index in [4.69, 9.17) is 0 Å². The summed E-state index contributed by atoms with van der Waals surface area (Å²) < 4.78 is 0. The first-order valence-electron chi connectivity index (χ1n) is 7.27. The van der Waals surface area contributed by atoms with Gasteiger partial charge in [0, 0.05) is 36.1 Å². The van der Waals surface area contributed by atoms with Crippen molar-refractivity contribution in [2.75, 3.05) is 13.1 Å². The summed E-state index contributed by atoms with van der Waals surface area (Å²) in [5.41, 5.74) is 0. The predicted octanol–water partition coefficient (Wildman–Crippen LogP) is 3.27. The second-order valence-corrected chi connectivity index (χ2v) is 7.11. The molecule has 3 rings (SSSR count). The van der Waals surface area contributed by atoms with Crippen molar-refractivity contribution in [2.45, 2.75) is 51.2 Å². The highest BCUT2D eigenvalue weighted by Gasteiger charge is 2.33. The van der Waals surface area contributed by atoms with Crippen LogP contribution in [0.3, 0.4) is 0 Å². The van der Waals surface area contributed by atoms with Crippen LogP contribution in [0.4, 0.5) is 0 Å². The van der Waals surface area contributed by atoms with E-state index in [0.717, 1.165) is 12.1 Å². The zero-order chi connectivity index (χ0) is 12.5. The molecule has 2 fully saturated rings. The summed E-state index contributed by atoms with van der Waals surface area (Å²) in [6, 6.07) is 6.64. The maximum absolute atomic E-state index is 3.78. The third-order valence-corrected chi connectivity index (χ3v) is 5.36. The molecule has 0 aliphatic carbocycles. The van der Waals surface area contributed by atoms with E-state index in [9.17, 15) is 0 Å². The van der Waals surface area contributed by atoms with E-state index in [1.807, 2.05) is 11.3 Å². The molecule has 0 aromatic carbocycles. The van der Waals surface area contributed by atoms with Gasteiger partial charge in [0.15, 0.2) is 0 Å². The van der Waals surface area contributed by atoms with E-state index < -0.39 is 0 Å². The lowest BCUT2D eigenvalue weighted by Gasteiger charge is -2.34. The number of hydrogen-bond donors (Lipinski definition) is 1. The van der Waals surface area contributed by atoms with Crippen LogP contribution in [0.5, 0.6) is 0 Å². The van der Waals surface area contributed by atoms with Crippen LogP contribution in [0.2, 0.25) is 0 Å². The SMILES string of the molecule is CC(C)C(c1cccs1)N1CCC2CCC(C1)N2. The van der Waals surface area contributed by atoms with Gasteiger partial charge in [-0.1, -0.05) is 19.9 Å². The second kappa shape index (κ2) is 5.32. The Kier molecular flexibility index (Phi) is 3.73. The average molecular weight is 264 g/mol. The van der Waals surface area contributed by atoms with Crippen LogP contribution in [0.25, 0.3) is 0 Å². The van der Waals surface area contributed by atoms with Gasteiger partial charge in [0.05, 0.1) is 0 Å². The summed E-state index contributed by atoms with van der Waals surface area (Å²) in [5, 5.41) is 6.00. The molecule has 2 saturated heterocycles. The first kappa shape index (κ1) is 12.6. The van der Waals surface area contributed by atoms with Gasteiger partial charge in [-0.3, -0.25) is 4.90 Å². The average Bonchev–Trinajstić information content (AvgIpc) is 2.91. The van der Waals surface area contributed by atoms with Gasteiger partial charge < -0.3 is 5.32 Å². The van der Waals surface area contributed by atoms with E-state index >= 15 is 0 Å². The first-order chi connectivity index (χ1) is 8.74. The summed E-state index contributed by atoms with van der Waals surface area (Å²) >= 11 is 1.92. The Balaban J connectivity index is 1.78. The number of rotatable bonds is 3. The van der Waals surface area contributed by atoms with Gasteiger partial charge >= 0.3 is 0 Å². The van der Waals surface area contributed by atoms with Gasteiger partial charge in [-0.2, -0.15) is 0 Å². The highest BCUT2D eigenvalue weighted by atomic mass is 32.1. The molecule has 0 amide bonds. The summed E-state index contributed by atoms with van der Waals surface area (Å²) in [5.74, 6) is 0.695. The Morgan fingerprint density at radius 2 is 2.11 bits per heavy atom. The van der Waals surface area contributed by atoms with Crippen LogP contribution in [-0.4, -0.2) is 30.1 Å². The van der Waals surface area contributed by atoms with Crippen LogP contribution in [0.15, 0.2) is 17.5 Å². The van der Waals surface area contributed by atoms with Crippen LogP contribution >= 0.6 is 11.3 Å². The van der Waals surface area contributed by atoms with Crippen LogP contribution < -0.4 is 5.32 Å². The minimum absolute atomic E-state index is 0.617. The van der Waals surface area contributed by atoms with Crippen LogP contribution in [0.1, 0.15) is 44.0 Å². The monoisotopic (exact) mass is 264 g/mol. The normalized spacial score (nSPS) is 30.6. The third-order valence-electron chi connectivity index (χ3n) is 4.41. The second-order valence-electron chi connectivity index (χ2n) is 6.13. The molecule has 0 radical (unpaired) electrons. The van der Waals surface area contributed by atoms with E-state index in [1.54, 1.807) is 4.88 Å².